The minimum Gasteiger partial charge on any atom is -0.380 e. The van der Waals surface area contributed by atoms with Crippen LogP contribution in [0.2, 0.25) is 0 Å². The summed E-state index contributed by atoms with van der Waals surface area (Å²) >= 11 is 0. The standard InChI is InChI=1S/C18H26N2/c1-12-6-4-7-13-16(12)19-17-14(18(13,2)3)9-11-20-10-5-8-15(17)20/h4,6-7,14-15,17,19H,5,8-11H2,1-3H3/t14-,15-,17+/m0/s1. The lowest BCUT2D eigenvalue weighted by molar-refractivity contribution is 0.0911. The van der Waals surface area contributed by atoms with Crippen LogP contribution < -0.4 is 5.32 Å². The first-order valence-electron chi connectivity index (χ1n) is 8.20. The van der Waals surface area contributed by atoms with E-state index < -0.39 is 0 Å². The Hall–Kier alpha value is -1.02. The molecular formula is C18H26N2. The van der Waals surface area contributed by atoms with E-state index in [1.54, 1.807) is 0 Å². The first kappa shape index (κ1) is 12.7. The molecule has 0 spiro atoms. The Labute approximate surface area is 122 Å². The Morgan fingerprint density at radius 3 is 2.90 bits per heavy atom. The first-order chi connectivity index (χ1) is 9.59. The third-order valence-corrected chi connectivity index (χ3v) is 6.19. The van der Waals surface area contributed by atoms with Crippen LogP contribution in [0.4, 0.5) is 5.69 Å². The summed E-state index contributed by atoms with van der Waals surface area (Å²) in [5.74, 6) is 0.774. The number of nitrogens with zero attached hydrogens (tertiary/aromatic N) is 1. The maximum absolute atomic E-state index is 3.95. The Bertz CT molecular complexity index is 534. The van der Waals surface area contributed by atoms with E-state index >= 15 is 0 Å². The maximum Gasteiger partial charge on any atom is 0.0453 e. The van der Waals surface area contributed by atoms with Gasteiger partial charge >= 0.3 is 0 Å². The summed E-state index contributed by atoms with van der Waals surface area (Å²) in [4.78, 5) is 2.73. The van der Waals surface area contributed by atoms with Gasteiger partial charge in [-0.15, -0.1) is 0 Å². The second-order valence-corrected chi connectivity index (χ2v) is 7.53. The number of aryl methyl sites for hydroxylation is 1. The van der Waals surface area contributed by atoms with E-state index in [1.807, 2.05) is 0 Å². The van der Waals surface area contributed by atoms with E-state index in [9.17, 15) is 0 Å². The van der Waals surface area contributed by atoms with Gasteiger partial charge in [-0.05, 0) is 61.7 Å². The SMILES string of the molecule is Cc1cccc2c1N[C@H]1[C@@H]3CCCN3CC[C@@H]1C2(C)C. The Morgan fingerprint density at radius 2 is 2.05 bits per heavy atom. The van der Waals surface area contributed by atoms with Gasteiger partial charge in [-0.1, -0.05) is 32.0 Å². The molecule has 1 aromatic rings. The molecule has 3 heterocycles. The molecule has 2 nitrogen and oxygen atoms in total. The molecule has 3 aliphatic rings. The molecule has 1 N–H and O–H groups in total. The Kier molecular flexibility index (Phi) is 2.69. The van der Waals surface area contributed by atoms with Gasteiger partial charge in [0, 0.05) is 17.8 Å². The molecule has 2 heteroatoms. The van der Waals surface area contributed by atoms with Crippen molar-refractivity contribution in [1.82, 2.24) is 4.90 Å². The summed E-state index contributed by atoms with van der Waals surface area (Å²) in [6.07, 6.45) is 4.11. The molecule has 1 aromatic carbocycles. The third-order valence-electron chi connectivity index (χ3n) is 6.19. The normalized spacial score (nSPS) is 34.9. The van der Waals surface area contributed by atoms with Gasteiger partial charge in [-0.25, -0.2) is 0 Å². The highest BCUT2D eigenvalue weighted by molar-refractivity contribution is 5.63. The smallest absolute Gasteiger partial charge is 0.0453 e. The average Bonchev–Trinajstić information content (AvgIpc) is 2.89. The van der Waals surface area contributed by atoms with Crippen LogP contribution in [0.3, 0.4) is 0 Å². The zero-order valence-corrected chi connectivity index (χ0v) is 12.9. The van der Waals surface area contributed by atoms with Crippen molar-refractivity contribution >= 4 is 5.69 Å². The molecule has 0 bridgehead atoms. The number of hydrogen-bond donors (Lipinski definition) is 1. The van der Waals surface area contributed by atoms with Crippen LogP contribution in [0, 0.1) is 12.8 Å². The number of nitrogens with one attached hydrogen (secondary N) is 1. The van der Waals surface area contributed by atoms with Crippen LogP contribution in [0.5, 0.6) is 0 Å². The molecule has 2 fully saturated rings. The van der Waals surface area contributed by atoms with Crippen LogP contribution in [-0.4, -0.2) is 30.1 Å². The fourth-order valence-electron chi connectivity index (χ4n) is 5.06. The third kappa shape index (κ3) is 1.60. The van der Waals surface area contributed by atoms with E-state index in [0.717, 1.165) is 12.0 Å². The molecule has 0 aliphatic carbocycles. The van der Waals surface area contributed by atoms with Crippen molar-refractivity contribution in [2.45, 2.75) is 57.5 Å². The van der Waals surface area contributed by atoms with Crippen molar-refractivity contribution in [3.63, 3.8) is 0 Å². The number of benzene rings is 1. The molecule has 20 heavy (non-hydrogen) atoms. The number of anilines is 1. The molecular weight excluding hydrogens is 244 g/mol. The molecule has 0 saturated carbocycles. The monoisotopic (exact) mass is 270 g/mol. The van der Waals surface area contributed by atoms with Gasteiger partial charge < -0.3 is 5.32 Å². The minimum atomic E-state index is 0.298. The minimum absolute atomic E-state index is 0.298. The van der Waals surface area contributed by atoms with E-state index in [0.29, 0.717) is 11.5 Å². The van der Waals surface area contributed by atoms with Crippen LogP contribution in [0.1, 0.15) is 44.2 Å². The van der Waals surface area contributed by atoms with Crippen LogP contribution in [0.15, 0.2) is 18.2 Å². The fourth-order valence-corrected chi connectivity index (χ4v) is 5.06. The largest absolute Gasteiger partial charge is 0.380 e. The second-order valence-electron chi connectivity index (χ2n) is 7.53. The van der Waals surface area contributed by atoms with Gasteiger partial charge in [0.1, 0.15) is 0 Å². The van der Waals surface area contributed by atoms with E-state index in [2.05, 4.69) is 49.2 Å². The molecule has 0 amide bonds. The van der Waals surface area contributed by atoms with Crippen molar-refractivity contribution in [2.75, 3.05) is 18.4 Å². The summed E-state index contributed by atoms with van der Waals surface area (Å²) in [6.45, 7) is 9.80. The molecule has 0 radical (unpaired) electrons. The Balaban J connectivity index is 1.81. The van der Waals surface area contributed by atoms with Crippen LogP contribution >= 0.6 is 0 Å². The topological polar surface area (TPSA) is 15.3 Å². The van der Waals surface area contributed by atoms with Crippen molar-refractivity contribution in [2.24, 2.45) is 5.92 Å². The molecule has 2 saturated heterocycles. The van der Waals surface area contributed by atoms with Gasteiger partial charge in [0.25, 0.3) is 0 Å². The second kappa shape index (κ2) is 4.24. The predicted molar refractivity (Wildman–Crippen MR) is 84.3 cm³/mol. The number of hydrogen-bond acceptors (Lipinski definition) is 2. The number of piperidine rings is 1. The molecule has 3 aliphatic heterocycles. The average molecular weight is 270 g/mol. The lowest BCUT2D eigenvalue weighted by atomic mass is 9.62. The molecule has 3 atom stereocenters. The van der Waals surface area contributed by atoms with E-state index in [4.69, 9.17) is 0 Å². The number of para-hydroxylation sites is 1. The zero-order valence-electron chi connectivity index (χ0n) is 12.9. The van der Waals surface area contributed by atoms with Gasteiger partial charge in [-0.2, -0.15) is 0 Å². The van der Waals surface area contributed by atoms with Crippen molar-refractivity contribution < 1.29 is 0 Å². The zero-order chi connectivity index (χ0) is 13.9. The van der Waals surface area contributed by atoms with Gasteiger partial charge in [-0.3, -0.25) is 4.90 Å². The highest BCUT2D eigenvalue weighted by atomic mass is 15.2. The predicted octanol–water partition coefficient (Wildman–Crippen LogP) is 3.55. The Morgan fingerprint density at radius 1 is 1.20 bits per heavy atom. The molecule has 108 valence electrons. The van der Waals surface area contributed by atoms with Gasteiger partial charge in [0.05, 0.1) is 0 Å². The van der Waals surface area contributed by atoms with Gasteiger partial charge in [0.15, 0.2) is 0 Å². The summed E-state index contributed by atoms with van der Waals surface area (Å²) in [5, 5.41) is 3.95. The van der Waals surface area contributed by atoms with Gasteiger partial charge in [0.2, 0.25) is 0 Å². The van der Waals surface area contributed by atoms with E-state index in [1.165, 1.54) is 49.2 Å². The fraction of sp³-hybridized carbons (Fsp3) is 0.667. The molecule has 4 rings (SSSR count). The quantitative estimate of drug-likeness (QED) is 0.775. The molecule has 0 aromatic heterocycles. The van der Waals surface area contributed by atoms with Crippen molar-refractivity contribution in [3.05, 3.63) is 29.3 Å². The van der Waals surface area contributed by atoms with Crippen molar-refractivity contribution in [1.29, 1.82) is 0 Å². The van der Waals surface area contributed by atoms with Crippen molar-refractivity contribution in [3.8, 4) is 0 Å². The van der Waals surface area contributed by atoms with E-state index in [-0.39, 0.29) is 0 Å². The number of rotatable bonds is 0. The summed E-state index contributed by atoms with van der Waals surface area (Å²) in [7, 11) is 0. The maximum atomic E-state index is 3.95. The lowest BCUT2D eigenvalue weighted by Crippen LogP contribution is -2.59. The number of fused-ring (bicyclic) bond motifs is 4. The highest BCUT2D eigenvalue weighted by Crippen LogP contribution is 2.49. The first-order valence-corrected chi connectivity index (χ1v) is 8.20. The summed E-state index contributed by atoms with van der Waals surface area (Å²) in [5.41, 5.74) is 4.66. The van der Waals surface area contributed by atoms with Crippen LogP contribution in [0.25, 0.3) is 0 Å². The summed E-state index contributed by atoms with van der Waals surface area (Å²) < 4.78 is 0. The van der Waals surface area contributed by atoms with Crippen LogP contribution in [-0.2, 0) is 5.41 Å². The lowest BCUT2D eigenvalue weighted by Gasteiger charge is -2.53. The molecule has 0 unspecified atom stereocenters. The highest BCUT2D eigenvalue weighted by Gasteiger charge is 2.49. The summed E-state index contributed by atoms with van der Waals surface area (Å²) in [6, 6.07) is 8.22.